The van der Waals surface area contributed by atoms with Gasteiger partial charge in [-0.05, 0) is 31.2 Å². The molecule has 0 saturated heterocycles. The van der Waals surface area contributed by atoms with Gasteiger partial charge in [0.05, 0.1) is 7.11 Å². The van der Waals surface area contributed by atoms with Crippen LogP contribution in [0.3, 0.4) is 0 Å². The third-order valence-corrected chi connectivity index (χ3v) is 10.9. The maximum absolute atomic E-state index is 5.92. The molecule has 0 unspecified atom stereocenters. The molecule has 0 fully saturated rings. The Bertz CT molecular complexity index is 781. The molecule has 0 N–H and O–H groups in total. The van der Waals surface area contributed by atoms with Crippen molar-refractivity contribution < 1.29 is 47.1 Å². The van der Waals surface area contributed by atoms with Crippen LogP contribution in [0.15, 0.2) is 86.5 Å². The van der Waals surface area contributed by atoms with E-state index in [0.29, 0.717) is 0 Å². The highest BCUT2D eigenvalue weighted by Crippen LogP contribution is 2.14. The summed E-state index contributed by atoms with van der Waals surface area (Å²) in [6.45, 7) is 2.12. The van der Waals surface area contributed by atoms with E-state index in [1.54, 1.807) is 7.11 Å². The smallest absolute Gasteiger partial charge is 0.446 e. The lowest BCUT2D eigenvalue weighted by Crippen LogP contribution is -3.81. The summed E-state index contributed by atoms with van der Waals surface area (Å²) in [5.41, 5.74) is 2.46. The monoisotopic (exact) mass is 554 g/mol. The van der Waals surface area contributed by atoms with Crippen LogP contribution in [-0.2, 0) is 4.74 Å². The lowest BCUT2D eigenvalue weighted by molar-refractivity contribution is -0.763. The number of hydrogen-bond acceptors (Lipinski definition) is 1. The number of halogens is 2. The largest absolute Gasteiger partial charge is 0.488 e. The van der Waals surface area contributed by atoms with Gasteiger partial charge in [-0.3, -0.25) is 0 Å². The molecule has 0 atom stereocenters. The first-order valence-electron chi connectivity index (χ1n) is 8.01. The second-order valence-electron chi connectivity index (χ2n) is 5.44. The first-order valence-corrected chi connectivity index (χ1v) is 12.3. The molecule has 0 aromatic heterocycles. The fourth-order valence-electron chi connectivity index (χ4n) is 2.26. The molecule has 3 heteroatoms. The van der Waals surface area contributed by atoms with E-state index in [4.69, 9.17) is 4.74 Å². The highest BCUT2D eigenvalue weighted by Gasteiger charge is 2.40. The summed E-state index contributed by atoms with van der Waals surface area (Å²) in [4.78, 5) is 0. The van der Waals surface area contributed by atoms with E-state index in [1.807, 2.05) is 0 Å². The molecule has 25 heavy (non-hydrogen) atoms. The van der Waals surface area contributed by atoms with E-state index in [0.717, 1.165) is 5.76 Å². The van der Waals surface area contributed by atoms with Crippen molar-refractivity contribution in [1.82, 2.24) is 0 Å². The molecular weight excluding hydrogens is 534 g/mol. The van der Waals surface area contributed by atoms with Gasteiger partial charge in [0, 0.05) is 5.56 Å². The Morgan fingerprint density at radius 2 is 1.16 bits per heavy atom. The molecule has 0 aliphatic heterocycles. The van der Waals surface area contributed by atoms with Gasteiger partial charge in [-0.25, -0.2) is 0 Å². The summed E-state index contributed by atoms with van der Waals surface area (Å²) >= 11 is -0.484. The van der Waals surface area contributed by atoms with Crippen molar-refractivity contribution in [3.05, 3.63) is 105 Å². The first-order chi connectivity index (χ1) is 12.3. The molecular formula is C22H20I2O+2. The van der Waals surface area contributed by atoms with E-state index >= 15 is 0 Å². The molecule has 0 bridgehead atoms. The molecule has 0 aliphatic rings. The normalized spacial score (nSPS) is 10.3. The second kappa shape index (κ2) is 9.38. The Kier molecular flexibility index (Phi) is 6.93. The van der Waals surface area contributed by atoms with Gasteiger partial charge >= 0.3 is 44.0 Å². The predicted octanol–water partition coefficient (Wildman–Crippen LogP) is -0.815. The lowest BCUT2D eigenvalue weighted by atomic mass is 10.1. The SMILES string of the molecule is COC(=C([I+]c1ccccc1)[I+]c1ccccc1)c1ccc(C)cc1. The number of hydrogen-bond donors (Lipinski definition) is 0. The number of aryl methyl sites for hydroxylation is 1. The van der Waals surface area contributed by atoms with Crippen LogP contribution in [0.5, 0.6) is 0 Å². The molecule has 0 amide bonds. The van der Waals surface area contributed by atoms with Crippen LogP contribution in [0.1, 0.15) is 11.1 Å². The van der Waals surface area contributed by atoms with Crippen molar-refractivity contribution in [2.45, 2.75) is 6.92 Å². The molecule has 0 radical (unpaired) electrons. The van der Waals surface area contributed by atoms with Crippen molar-refractivity contribution >= 4 is 5.76 Å². The van der Waals surface area contributed by atoms with Gasteiger partial charge in [-0.15, -0.1) is 0 Å². The van der Waals surface area contributed by atoms with Gasteiger partial charge < -0.3 is 4.74 Å². The molecule has 3 aromatic rings. The fraction of sp³-hybridized carbons (Fsp3) is 0.0909. The van der Waals surface area contributed by atoms with Gasteiger partial charge in [-0.1, -0.05) is 66.2 Å². The van der Waals surface area contributed by atoms with E-state index < -0.39 is 0 Å². The van der Waals surface area contributed by atoms with E-state index in [-0.39, 0.29) is 42.4 Å². The minimum Gasteiger partial charge on any atom is -0.488 e. The minimum atomic E-state index is -0.242. The Morgan fingerprint density at radius 3 is 1.60 bits per heavy atom. The summed E-state index contributed by atoms with van der Waals surface area (Å²) in [7, 11) is 1.80. The highest BCUT2D eigenvalue weighted by molar-refractivity contribution is 5.60. The molecule has 3 rings (SSSR count). The van der Waals surface area contributed by atoms with Gasteiger partial charge in [0.1, 0.15) is 0 Å². The first kappa shape index (κ1) is 18.5. The lowest BCUT2D eigenvalue weighted by Gasteiger charge is -2.03. The predicted molar refractivity (Wildman–Crippen MR) is 95.4 cm³/mol. The standard InChI is InChI=1S/C22H20I2O/c1-17-13-15-18(16-14-17)21(25-2)22(23-19-9-5-3-6-10-19)24-20-11-7-4-8-12-20/h3-16H,1-2H3/q+2. The molecule has 1 nitrogen and oxygen atoms in total. The molecule has 0 heterocycles. The van der Waals surface area contributed by atoms with E-state index in [9.17, 15) is 0 Å². The zero-order chi connectivity index (χ0) is 17.5. The summed E-state index contributed by atoms with van der Waals surface area (Å²) in [5.74, 6) is 1.08. The van der Waals surface area contributed by atoms with Crippen LogP contribution in [0.2, 0.25) is 0 Å². The number of ether oxygens (including phenoxy) is 1. The maximum Gasteiger partial charge on any atom is 0.446 e. The quantitative estimate of drug-likeness (QED) is 0.286. The third kappa shape index (κ3) is 5.31. The van der Waals surface area contributed by atoms with Crippen LogP contribution < -0.4 is 42.4 Å². The van der Waals surface area contributed by atoms with Crippen molar-refractivity contribution in [1.29, 1.82) is 0 Å². The Labute approximate surface area is 170 Å². The minimum absolute atomic E-state index is 0.242. The Hall–Kier alpha value is -1.34. The zero-order valence-corrected chi connectivity index (χ0v) is 18.6. The van der Waals surface area contributed by atoms with Crippen LogP contribution in [0.25, 0.3) is 5.76 Å². The van der Waals surface area contributed by atoms with Crippen LogP contribution >= 0.6 is 0 Å². The van der Waals surface area contributed by atoms with Gasteiger partial charge in [-0.2, -0.15) is 0 Å². The molecule has 0 spiro atoms. The maximum atomic E-state index is 5.92. The summed E-state index contributed by atoms with van der Waals surface area (Å²) in [5, 5.41) is 0. The zero-order valence-electron chi connectivity index (χ0n) is 14.2. The van der Waals surface area contributed by atoms with Crippen LogP contribution in [0, 0.1) is 14.1 Å². The Morgan fingerprint density at radius 1 is 0.680 bits per heavy atom. The van der Waals surface area contributed by atoms with Crippen LogP contribution in [-0.4, -0.2) is 7.11 Å². The second-order valence-corrected chi connectivity index (χ2v) is 13.2. The molecule has 126 valence electrons. The van der Waals surface area contributed by atoms with Gasteiger partial charge in [0.25, 0.3) is 0 Å². The number of rotatable bonds is 6. The van der Waals surface area contributed by atoms with Gasteiger partial charge in [0.15, 0.2) is 7.14 Å². The van der Waals surface area contributed by atoms with Gasteiger partial charge in [0.2, 0.25) is 5.76 Å². The molecule has 0 aliphatic carbocycles. The van der Waals surface area contributed by atoms with Crippen LogP contribution in [0.4, 0.5) is 0 Å². The van der Waals surface area contributed by atoms with Crippen molar-refractivity contribution in [3.63, 3.8) is 0 Å². The van der Waals surface area contributed by atoms with Crippen molar-refractivity contribution in [3.8, 4) is 0 Å². The van der Waals surface area contributed by atoms with Crippen molar-refractivity contribution in [2.24, 2.45) is 0 Å². The van der Waals surface area contributed by atoms with E-state index in [2.05, 4.69) is 91.9 Å². The average molecular weight is 554 g/mol. The summed E-state index contributed by atoms with van der Waals surface area (Å²) in [6, 6.07) is 30.3. The highest BCUT2D eigenvalue weighted by atomic mass is 127. The Balaban J connectivity index is 2.02. The molecule has 0 saturated carbocycles. The average Bonchev–Trinajstić information content (AvgIpc) is 2.65. The van der Waals surface area contributed by atoms with E-state index in [1.165, 1.54) is 19.9 Å². The molecule has 3 aromatic carbocycles. The van der Waals surface area contributed by atoms with Crippen molar-refractivity contribution in [2.75, 3.05) is 7.11 Å². The summed E-state index contributed by atoms with van der Waals surface area (Å²) < 4.78 is 10.3. The summed E-state index contributed by atoms with van der Waals surface area (Å²) in [6.07, 6.45) is 0. The third-order valence-electron chi connectivity index (χ3n) is 3.54. The number of benzene rings is 3. The topological polar surface area (TPSA) is 9.23 Å². The fourth-order valence-corrected chi connectivity index (χ4v) is 10.4. The number of methoxy groups -OCH3 is 1.